The van der Waals surface area contributed by atoms with Gasteiger partial charge in [-0.1, -0.05) is 66.7 Å². The summed E-state index contributed by atoms with van der Waals surface area (Å²) in [5.41, 5.74) is 2.22. The first kappa shape index (κ1) is 20.8. The standard InChI is InChI=1S/C26H25NO4/c28-24(31-19-20-8-3-1-4-9-20)21-10-7-13-23(18-21)27-25(29)26(14-16-30-17-15-26)22-11-5-2-6-12-22/h1-13,18H,14-17,19H2,(H,27,29). The van der Waals surface area contributed by atoms with Gasteiger partial charge in [0.2, 0.25) is 5.91 Å². The quantitative estimate of drug-likeness (QED) is 0.591. The SMILES string of the molecule is O=C(OCc1ccccc1)c1cccc(NC(=O)C2(c3ccccc3)CCOCC2)c1. The van der Waals surface area contributed by atoms with Gasteiger partial charge in [-0.15, -0.1) is 0 Å². The van der Waals surface area contributed by atoms with Gasteiger partial charge in [-0.25, -0.2) is 4.79 Å². The Morgan fingerprint density at radius 3 is 2.26 bits per heavy atom. The van der Waals surface area contributed by atoms with E-state index in [0.717, 1.165) is 11.1 Å². The number of amides is 1. The van der Waals surface area contributed by atoms with Crippen LogP contribution in [0.1, 0.15) is 34.3 Å². The van der Waals surface area contributed by atoms with Crippen molar-refractivity contribution >= 4 is 17.6 Å². The number of rotatable bonds is 6. The van der Waals surface area contributed by atoms with Gasteiger partial charge in [-0.05, 0) is 42.2 Å². The van der Waals surface area contributed by atoms with E-state index in [1.807, 2.05) is 60.7 Å². The summed E-state index contributed by atoms with van der Waals surface area (Å²) in [4.78, 5) is 25.9. The molecular weight excluding hydrogens is 390 g/mol. The zero-order chi connectivity index (χ0) is 21.5. The zero-order valence-electron chi connectivity index (χ0n) is 17.3. The van der Waals surface area contributed by atoms with Crippen molar-refractivity contribution in [2.75, 3.05) is 18.5 Å². The highest BCUT2D eigenvalue weighted by Crippen LogP contribution is 2.36. The second kappa shape index (κ2) is 9.58. The van der Waals surface area contributed by atoms with Crippen molar-refractivity contribution in [3.8, 4) is 0 Å². The average molecular weight is 415 g/mol. The number of anilines is 1. The number of hydrogen-bond acceptors (Lipinski definition) is 4. The molecule has 1 heterocycles. The summed E-state index contributed by atoms with van der Waals surface area (Å²) in [5, 5.41) is 3.02. The Morgan fingerprint density at radius 2 is 1.55 bits per heavy atom. The number of benzene rings is 3. The van der Waals surface area contributed by atoms with Crippen LogP contribution in [0.2, 0.25) is 0 Å². The third kappa shape index (κ3) is 4.84. The first-order valence-corrected chi connectivity index (χ1v) is 10.4. The second-order valence-corrected chi connectivity index (χ2v) is 7.66. The molecular formula is C26H25NO4. The molecule has 0 radical (unpaired) electrons. The van der Waals surface area contributed by atoms with Crippen LogP contribution >= 0.6 is 0 Å². The molecule has 3 aromatic carbocycles. The fourth-order valence-electron chi connectivity index (χ4n) is 3.90. The van der Waals surface area contributed by atoms with Crippen LogP contribution in [0.5, 0.6) is 0 Å². The maximum Gasteiger partial charge on any atom is 0.338 e. The molecule has 1 aliphatic rings. The molecule has 158 valence electrons. The molecule has 5 heteroatoms. The predicted octanol–water partition coefficient (Wildman–Crippen LogP) is 4.73. The fraction of sp³-hybridized carbons (Fsp3) is 0.231. The lowest BCUT2D eigenvalue weighted by Gasteiger charge is -2.36. The number of hydrogen-bond donors (Lipinski definition) is 1. The Bertz CT molecular complexity index is 1030. The number of carbonyl (C=O) groups excluding carboxylic acids is 2. The van der Waals surface area contributed by atoms with E-state index in [2.05, 4.69) is 5.32 Å². The van der Waals surface area contributed by atoms with E-state index >= 15 is 0 Å². The number of carbonyl (C=O) groups is 2. The minimum Gasteiger partial charge on any atom is -0.457 e. The summed E-state index contributed by atoms with van der Waals surface area (Å²) in [6.07, 6.45) is 1.23. The molecule has 0 spiro atoms. The Balaban J connectivity index is 1.48. The van der Waals surface area contributed by atoms with E-state index in [-0.39, 0.29) is 12.5 Å². The molecule has 0 aliphatic carbocycles. The predicted molar refractivity (Wildman–Crippen MR) is 119 cm³/mol. The fourth-order valence-corrected chi connectivity index (χ4v) is 3.90. The minimum absolute atomic E-state index is 0.0863. The Morgan fingerprint density at radius 1 is 0.871 bits per heavy atom. The zero-order valence-corrected chi connectivity index (χ0v) is 17.3. The maximum absolute atomic E-state index is 13.4. The second-order valence-electron chi connectivity index (χ2n) is 7.66. The van der Waals surface area contributed by atoms with Gasteiger partial charge in [-0.2, -0.15) is 0 Å². The van der Waals surface area contributed by atoms with Crippen LogP contribution in [0, 0.1) is 0 Å². The van der Waals surface area contributed by atoms with E-state index in [1.165, 1.54) is 0 Å². The van der Waals surface area contributed by atoms with Crippen molar-refractivity contribution in [2.24, 2.45) is 0 Å². The van der Waals surface area contributed by atoms with Gasteiger partial charge in [0, 0.05) is 18.9 Å². The lowest BCUT2D eigenvalue weighted by molar-refractivity contribution is -0.125. The third-order valence-corrected chi connectivity index (χ3v) is 5.68. The van der Waals surface area contributed by atoms with Gasteiger partial charge in [0.05, 0.1) is 11.0 Å². The number of ether oxygens (including phenoxy) is 2. The van der Waals surface area contributed by atoms with Crippen molar-refractivity contribution in [3.63, 3.8) is 0 Å². The molecule has 0 aromatic heterocycles. The van der Waals surface area contributed by atoms with Crippen LogP contribution in [-0.2, 0) is 26.3 Å². The first-order chi connectivity index (χ1) is 15.2. The molecule has 1 N–H and O–H groups in total. The molecule has 0 saturated carbocycles. The highest BCUT2D eigenvalue weighted by molar-refractivity contribution is 6.00. The van der Waals surface area contributed by atoms with E-state index in [9.17, 15) is 9.59 Å². The molecule has 0 bridgehead atoms. The largest absolute Gasteiger partial charge is 0.457 e. The van der Waals surface area contributed by atoms with Gasteiger partial charge in [0.15, 0.2) is 0 Å². The minimum atomic E-state index is -0.649. The first-order valence-electron chi connectivity index (χ1n) is 10.4. The average Bonchev–Trinajstić information content (AvgIpc) is 2.84. The molecule has 1 fully saturated rings. The molecule has 5 nitrogen and oxygen atoms in total. The summed E-state index contributed by atoms with van der Waals surface area (Å²) in [5.74, 6) is -0.513. The molecule has 1 saturated heterocycles. The Hall–Kier alpha value is -3.44. The smallest absolute Gasteiger partial charge is 0.338 e. The summed E-state index contributed by atoms with van der Waals surface area (Å²) in [6, 6.07) is 26.2. The van der Waals surface area contributed by atoms with Crippen LogP contribution in [0.4, 0.5) is 5.69 Å². The topological polar surface area (TPSA) is 64.6 Å². The third-order valence-electron chi connectivity index (χ3n) is 5.68. The highest BCUT2D eigenvalue weighted by atomic mass is 16.5. The van der Waals surface area contributed by atoms with E-state index < -0.39 is 11.4 Å². The lowest BCUT2D eigenvalue weighted by atomic mass is 9.73. The summed E-state index contributed by atoms with van der Waals surface area (Å²) in [7, 11) is 0. The molecule has 4 rings (SSSR count). The van der Waals surface area contributed by atoms with Crippen LogP contribution < -0.4 is 5.32 Å². The Kier molecular flexibility index (Phi) is 6.43. The number of esters is 1. The van der Waals surface area contributed by atoms with Crippen molar-refractivity contribution in [1.29, 1.82) is 0 Å². The van der Waals surface area contributed by atoms with Crippen molar-refractivity contribution in [3.05, 3.63) is 102 Å². The van der Waals surface area contributed by atoms with Crippen LogP contribution in [0.3, 0.4) is 0 Å². The van der Waals surface area contributed by atoms with Crippen molar-refractivity contribution in [1.82, 2.24) is 0 Å². The molecule has 1 aliphatic heterocycles. The van der Waals surface area contributed by atoms with Gasteiger partial charge in [0.25, 0.3) is 0 Å². The lowest BCUT2D eigenvalue weighted by Crippen LogP contribution is -2.44. The highest BCUT2D eigenvalue weighted by Gasteiger charge is 2.41. The van der Waals surface area contributed by atoms with Gasteiger partial charge in [0.1, 0.15) is 6.61 Å². The van der Waals surface area contributed by atoms with E-state index in [0.29, 0.717) is 37.3 Å². The Labute approximate surface area is 182 Å². The maximum atomic E-state index is 13.4. The molecule has 0 unspecified atom stereocenters. The van der Waals surface area contributed by atoms with Crippen LogP contribution in [0.25, 0.3) is 0 Å². The molecule has 31 heavy (non-hydrogen) atoms. The summed E-state index contributed by atoms with van der Waals surface area (Å²) < 4.78 is 10.9. The monoisotopic (exact) mass is 415 g/mol. The normalized spacial score (nSPS) is 15.1. The molecule has 3 aromatic rings. The van der Waals surface area contributed by atoms with Gasteiger partial charge in [-0.3, -0.25) is 4.79 Å². The van der Waals surface area contributed by atoms with E-state index in [1.54, 1.807) is 24.3 Å². The van der Waals surface area contributed by atoms with Crippen LogP contribution in [0.15, 0.2) is 84.9 Å². The van der Waals surface area contributed by atoms with Crippen molar-refractivity contribution < 1.29 is 19.1 Å². The van der Waals surface area contributed by atoms with Gasteiger partial charge < -0.3 is 14.8 Å². The summed E-state index contributed by atoms with van der Waals surface area (Å²) >= 11 is 0. The van der Waals surface area contributed by atoms with Crippen molar-refractivity contribution in [2.45, 2.75) is 24.9 Å². The molecule has 0 atom stereocenters. The van der Waals surface area contributed by atoms with Gasteiger partial charge >= 0.3 is 5.97 Å². The number of nitrogens with one attached hydrogen (secondary N) is 1. The summed E-state index contributed by atoms with van der Waals surface area (Å²) in [6.45, 7) is 1.27. The van der Waals surface area contributed by atoms with Crippen LogP contribution in [-0.4, -0.2) is 25.1 Å². The van der Waals surface area contributed by atoms with E-state index in [4.69, 9.17) is 9.47 Å². The molecule has 1 amide bonds.